The third-order valence-electron chi connectivity index (χ3n) is 8.50. The van der Waals surface area contributed by atoms with Gasteiger partial charge in [-0.1, -0.05) is 30.1 Å². The van der Waals surface area contributed by atoms with Crippen LogP contribution in [-0.4, -0.2) is 102 Å². The summed E-state index contributed by atoms with van der Waals surface area (Å²) in [5.74, 6) is 0.835. The van der Waals surface area contributed by atoms with Crippen LogP contribution >= 0.6 is 23.2 Å². The lowest BCUT2D eigenvalue weighted by molar-refractivity contribution is -0.141. The van der Waals surface area contributed by atoms with E-state index in [-0.39, 0.29) is 11.8 Å². The van der Waals surface area contributed by atoms with Crippen molar-refractivity contribution in [3.8, 4) is 17.1 Å². The zero-order valence-electron chi connectivity index (χ0n) is 27.4. The number of carbonyl (C=O) groups is 2. The van der Waals surface area contributed by atoms with E-state index in [2.05, 4.69) is 36.7 Å². The number of nitrogens with zero attached hydrogens (tertiary/aromatic N) is 6. The zero-order valence-corrected chi connectivity index (χ0v) is 28.9. The Morgan fingerprint density at radius 2 is 1.74 bits per heavy atom. The van der Waals surface area contributed by atoms with Crippen LogP contribution in [0.3, 0.4) is 0 Å². The molecule has 0 bridgehead atoms. The second-order valence-electron chi connectivity index (χ2n) is 12.3. The molecule has 1 atom stereocenters. The minimum absolute atomic E-state index is 0.0108. The van der Waals surface area contributed by atoms with Crippen LogP contribution in [0.2, 0.25) is 10.0 Å². The Morgan fingerprint density at radius 1 is 1.06 bits per heavy atom. The summed E-state index contributed by atoms with van der Waals surface area (Å²) >= 11 is 12.7. The number of halogens is 2. The average Bonchev–Trinajstić information content (AvgIpc) is 3.03. The molecule has 0 aliphatic carbocycles. The number of piperazine rings is 1. The molecule has 2 fully saturated rings. The van der Waals surface area contributed by atoms with Gasteiger partial charge in [0.25, 0.3) is 0 Å². The largest absolute Gasteiger partial charge is 0.481 e. The number of guanidine groups is 1. The number of pyridine rings is 1. The monoisotopic (exact) mass is 685 g/mol. The molecule has 1 aromatic carbocycles. The van der Waals surface area contributed by atoms with Gasteiger partial charge in [0.2, 0.25) is 17.7 Å². The molecule has 0 radical (unpaired) electrons. The molecular weight excluding hydrogens is 641 g/mol. The quantitative estimate of drug-likeness (QED) is 0.172. The van der Waals surface area contributed by atoms with Gasteiger partial charge in [0, 0.05) is 67.9 Å². The summed E-state index contributed by atoms with van der Waals surface area (Å²) in [4.78, 5) is 42.7. The molecule has 1 unspecified atom stereocenters. The Morgan fingerprint density at radius 3 is 2.36 bits per heavy atom. The number of carbonyl (C=O) groups excluding carboxylic acids is 1. The van der Waals surface area contributed by atoms with E-state index in [0.29, 0.717) is 58.8 Å². The number of aliphatic carboxylic acids is 1. The predicted octanol–water partition coefficient (Wildman–Crippen LogP) is 5.43. The van der Waals surface area contributed by atoms with Gasteiger partial charge in [-0.05, 0) is 88.3 Å². The van der Waals surface area contributed by atoms with Gasteiger partial charge in [-0.25, -0.2) is 15.0 Å². The summed E-state index contributed by atoms with van der Waals surface area (Å²) in [7, 11) is 0. The van der Waals surface area contributed by atoms with Crippen molar-refractivity contribution in [1.29, 1.82) is 0 Å². The maximum Gasteiger partial charge on any atom is 0.306 e. The van der Waals surface area contributed by atoms with Gasteiger partial charge in [-0.2, -0.15) is 0 Å². The molecule has 13 heteroatoms. The Balaban J connectivity index is 1.44. The first kappa shape index (κ1) is 36.3. The Labute approximate surface area is 287 Å². The highest BCUT2D eigenvalue weighted by atomic mass is 35.5. The van der Waals surface area contributed by atoms with Crippen molar-refractivity contribution < 1.29 is 19.4 Å². The van der Waals surface area contributed by atoms with Gasteiger partial charge >= 0.3 is 5.97 Å². The highest BCUT2D eigenvalue weighted by Gasteiger charge is 2.22. The Bertz CT molecular complexity index is 1450. The van der Waals surface area contributed by atoms with Gasteiger partial charge in [0.05, 0.1) is 17.8 Å². The summed E-state index contributed by atoms with van der Waals surface area (Å²) in [5.41, 5.74) is 2.53. The first-order valence-electron chi connectivity index (χ1n) is 16.0. The molecule has 2 saturated heterocycles. The maximum atomic E-state index is 11.3. The number of aromatic nitrogens is 1. The lowest BCUT2D eigenvalue weighted by atomic mass is 9.96. The smallest absolute Gasteiger partial charge is 0.306 e. The molecule has 1 aromatic heterocycles. The normalized spacial score (nSPS) is 17.8. The summed E-state index contributed by atoms with van der Waals surface area (Å²) in [6, 6.07) is 9.33. The molecule has 254 valence electrons. The summed E-state index contributed by atoms with van der Waals surface area (Å²) in [6.45, 7) is 15.9. The van der Waals surface area contributed by atoms with Crippen molar-refractivity contribution in [2.45, 2.75) is 46.6 Å². The molecule has 3 heterocycles. The molecule has 11 nitrogen and oxygen atoms in total. The van der Waals surface area contributed by atoms with Crippen molar-refractivity contribution in [2.75, 3.05) is 52.4 Å². The molecule has 2 aromatic rings. The van der Waals surface area contributed by atoms with Crippen LogP contribution in [0.15, 0.2) is 52.3 Å². The van der Waals surface area contributed by atoms with Crippen LogP contribution in [0.25, 0.3) is 11.3 Å². The van der Waals surface area contributed by atoms with Gasteiger partial charge in [-0.15, -0.1) is 0 Å². The molecule has 0 spiro atoms. The average molecular weight is 687 g/mol. The molecule has 2 aliphatic rings. The topological polar surface area (TPSA) is 123 Å². The lowest BCUT2D eigenvalue weighted by Crippen LogP contribution is -2.48. The third-order valence-corrected chi connectivity index (χ3v) is 8.93. The fourth-order valence-electron chi connectivity index (χ4n) is 5.68. The molecule has 47 heavy (non-hydrogen) atoms. The highest BCUT2D eigenvalue weighted by molar-refractivity contribution is 6.35. The lowest BCUT2D eigenvalue weighted by Gasteiger charge is -2.35. The molecular formula is C34H45Cl2N7O4. The second-order valence-corrected chi connectivity index (χ2v) is 13.2. The van der Waals surface area contributed by atoms with Gasteiger partial charge in [0.1, 0.15) is 5.76 Å². The maximum absolute atomic E-state index is 11.3. The third kappa shape index (κ3) is 11.6. The number of aliphatic imine (C=N–C) groups is 2. The standard InChI is InChI=1S/C34H45Cl2N7O4/c1-23(33(45)46)5-8-41-11-13-43(14-12-41)34(37-4)39-20-24(2)47-32-16-27(15-31(40-32)28-17-29(35)19-30(36)18-28)22-42-9-6-26(7-10-42)21-38-25(3)44/h15-20,23,26H,4-14,21-22H2,1-3H3,(H,38,44)(H,45,46)/b24-20+,39-34+. The number of piperidine rings is 1. The fraction of sp³-hybridized carbons (Fsp3) is 0.500. The number of allylic oxidation sites excluding steroid dienone is 1. The number of amides is 1. The highest BCUT2D eigenvalue weighted by Crippen LogP contribution is 2.30. The van der Waals surface area contributed by atoms with E-state index < -0.39 is 5.97 Å². The fourth-order valence-corrected chi connectivity index (χ4v) is 6.21. The van der Waals surface area contributed by atoms with Crippen molar-refractivity contribution >= 4 is 47.8 Å². The Hall–Kier alpha value is -3.51. The van der Waals surface area contributed by atoms with E-state index in [1.807, 2.05) is 31.2 Å². The molecule has 1 amide bonds. The summed E-state index contributed by atoms with van der Waals surface area (Å²) in [6.07, 6.45) is 4.28. The van der Waals surface area contributed by atoms with Crippen LogP contribution in [-0.2, 0) is 16.1 Å². The Kier molecular flexibility index (Phi) is 13.6. The first-order valence-corrected chi connectivity index (χ1v) is 16.8. The number of nitrogens with one attached hydrogen (secondary N) is 1. The van der Waals surface area contributed by atoms with E-state index in [9.17, 15) is 9.59 Å². The minimum Gasteiger partial charge on any atom is -0.481 e. The van der Waals surface area contributed by atoms with Crippen LogP contribution in [0.4, 0.5) is 0 Å². The van der Waals surface area contributed by atoms with Gasteiger partial charge < -0.3 is 20.1 Å². The van der Waals surface area contributed by atoms with Gasteiger partial charge in [-0.3, -0.25) is 19.4 Å². The molecule has 0 saturated carbocycles. The number of ether oxygens (including phenoxy) is 1. The van der Waals surface area contributed by atoms with E-state index >= 15 is 0 Å². The van der Waals surface area contributed by atoms with Crippen molar-refractivity contribution in [2.24, 2.45) is 21.8 Å². The SMILES string of the molecule is C=N/C(=N\C=C(/C)Oc1cc(CN2CCC(CNC(C)=O)CC2)cc(-c2cc(Cl)cc(Cl)c2)n1)N1CCN(CCC(C)C(=O)O)CC1. The number of hydrogen-bond acceptors (Lipinski definition) is 7. The summed E-state index contributed by atoms with van der Waals surface area (Å²) in [5, 5.41) is 13.1. The van der Waals surface area contributed by atoms with Crippen molar-refractivity contribution in [3.05, 3.63) is 57.9 Å². The predicted molar refractivity (Wildman–Crippen MR) is 187 cm³/mol. The number of benzene rings is 1. The van der Waals surface area contributed by atoms with Crippen LogP contribution < -0.4 is 10.1 Å². The van der Waals surface area contributed by atoms with E-state index in [1.54, 1.807) is 26.1 Å². The van der Waals surface area contributed by atoms with Crippen molar-refractivity contribution in [3.63, 3.8) is 0 Å². The van der Waals surface area contributed by atoms with Crippen molar-refractivity contribution in [1.82, 2.24) is 25.0 Å². The van der Waals surface area contributed by atoms with E-state index in [1.165, 1.54) is 0 Å². The number of carboxylic acids is 1. The minimum atomic E-state index is -0.762. The number of likely N-dealkylation sites (tertiary alicyclic amines) is 1. The molecule has 2 N–H and O–H groups in total. The number of carboxylic acid groups (broad SMARTS) is 1. The van der Waals surface area contributed by atoms with Crippen LogP contribution in [0, 0.1) is 11.8 Å². The number of hydrogen-bond donors (Lipinski definition) is 2. The van der Waals surface area contributed by atoms with Gasteiger partial charge in [0.15, 0.2) is 0 Å². The number of rotatable bonds is 12. The van der Waals surface area contributed by atoms with E-state index in [0.717, 1.165) is 69.8 Å². The van der Waals surface area contributed by atoms with Crippen LogP contribution in [0.1, 0.15) is 45.6 Å². The molecule has 2 aliphatic heterocycles. The van der Waals surface area contributed by atoms with Crippen LogP contribution in [0.5, 0.6) is 5.88 Å². The molecule has 4 rings (SSSR count). The first-order chi connectivity index (χ1) is 22.5. The summed E-state index contributed by atoms with van der Waals surface area (Å²) < 4.78 is 6.19. The van der Waals surface area contributed by atoms with E-state index in [4.69, 9.17) is 38.0 Å². The zero-order chi connectivity index (χ0) is 33.9. The second kappa shape index (κ2) is 17.6.